The van der Waals surface area contributed by atoms with Crippen LogP contribution in [0.2, 0.25) is 0 Å². The van der Waals surface area contributed by atoms with Crippen LogP contribution in [0.4, 0.5) is 29.6 Å². The standard InChI is InChI=1S/C35H34F3N7O6/c1-50-26-10-8-22(27(16-26)51-2)17-41-31-30-29(43-32(44(30)14-13-40-31)23-7-9-25(19-46)45(18-23)34(48)49)20-3-5-21(6-4-20)33(47)42-28-15-24(11-12-39-28)35(36,37)38/h3-6,8,10-16,23,25,46H,7,9,17-19H2,1-2H3,(H,40,41)(H,48,49)(H,39,42,47). The SMILES string of the molecule is COc1ccc(CNc2nccn3c(C4CCC(CO)N(C(=O)O)C4)nc(-c4ccc(C(=O)Nc5cc(C(F)(F)F)ccn5)cc4)c23)c(OC)c1. The maximum atomic E-state index is 13.2. The number of aliphatic hydroxyl groups excluding tert-OH is 1. The molecule has 1 aliphatic heterocycles. The number of aromatic nitrogens is 4. The van der Waals surface area contributed by atoms with Crippen molar-refractivity contribution < 1.29 is 42.4 Å². The monoisotopic (exact) mass is 705 g/mol. The van der Waals surface area contributed by atoms with Crippen molar-refractivity contribution in [1.82, 2.24) is 24.3 Å². The smallest absolute Gasteiger partial charge is 0.416 e. The first kappa shape index (κ1) is 34.9. The van der Waals surface area contributed by atoms with E-state index in [4.69, 9.17) is 14.5 Å². The van der Waals surface area contributed by atoms with Gasteiger partial charge in [0, 0.05) is 60.4 Å². The highest BCUT2D eigenvalue weighted by molar-refractivity contribution is 6.04. The lowest BCUT2D eigenvalue weighted by Crippen LogP contribution is -2.47. The first-order valence-corrected chi connectivity index (χ1v) is 15.9. The van der Waals surface area contributed by atoms with E-state index in [2.05, 4.69) is 20.6 Å². The number of nitrogens with zero attached hydrogens (tertiary/aromatic N) is 5. The number of amides is 2. The predicted octanol–water partition coefficient (Wildman–Crippen LogP) is 5.91. The Balaban J connectivity index is 1.36. The Labute approximate surface area is 289 Å². The molecule has 4 N–H and O–H groups in total. The summed E-state index contributed by atoms with van der Waals surface area (Å²) in [4.78, 5) is 39.8. The van der Waals surface area contributed by atoms with Crippen LogP contribution < -0.4 is 20.1 Å². The van der Waals surface area contributed by atoms with Gasteiger partial charge in [-0.2, -0.15) is 13.2 Å². The minimum Gasteiger partial charge on any atom is -0.497 e. The molecule has 0 bridgehead atoms. The third kappa shape index (κ3) is 7.35. The van der Waals surface area contributed by atoms with Crippen molar-refractivity contribution >= 4 is 29.2 Å². The molecule has 5 aromatic rings. The maximum Gasteiger partial charge on any atom is 0.416 e. The molecular formula is C35H34F3N7O6. The second-order valence-corrected chi connectivity index (χ2v) is 11.8. The van der Waals surface area contributed by atoms with Crippen molar-refractivity contribution in [1.29, 1.82) is 0 Å². The number of likely N-dealkylation sites (tertiary alicyclic amines) is 1. The molecule has 51 heavy (non-hydrogen) atoms. The van der Waals surface area contributed by atoms with Crippen LogP contribution in [0.1, 0.15) is 46.1 Å². The van der Waals surface area contributed by atoms with Gasteiger partial charge in [-0.1, -0.05) is 12.1 Å². The highest BCUT2D eigenvalue weighted by atomic mass is 19.4. The number of hydrogen-bond donors (Lipinski definition) is 4. The zero-order chi connectivity index (χ0) is 36.3. The van der Waals surface area contributed by atoms with Crippen molar-refractivity contribution in [3.63, 3.8) is 0 Å². The van der Waals surface area contributed by atoms with Gasteiger partial charge in [-0.05, 0) is 49.2 Å². The van der Waals surface area contributed by atoms with E-state index >= 15 is 0 Å². The molecule has 16 heteroatoms. The summed E-state index contributed by atoms with van der Waals surface area (Å²) in [6.07, 6.45) is -0.387. The van der Waals surface area contributed by atoms with Crippen molar-refractivity contribution in [2.24, 2.45) is 0 Å². The number of aliphatic hydroxyl groups is 1. The molecule has 13 nitrogen and oxygen atoms in total. The largest absolute Gasteiger partial charge is 0.497 e. The number of halogens is 3. The first-order chi connectivity index (χ1) is 24.5. The summed E-state index contributed by atoms with van der Waals surface area (Å²) in [7, 11) is 3.12. The van der Waals surface area contributed by atoms with E-state index in [0.29, 0.717) is 59.3 Å². The third-order valence-corrected chi connectivity index (χ3v) is 8.80. The van der Waals surface area contributed by atoms with Gasteiger partial charge in [0.1, 0.15) is 34.4 Å². The van der Waals surface area contributed by atoms with E-state index in [1.165, 1.54) is 17.0 Å². The van der Waals surface area contributed by atoms with Crippen LogP contribution in [-0.4, -0.2) is 79.9 Å². The fraction of sp³-hybridized carbons (Fsp3) is 0.286. The van der Waals surface area contributed by atoms with E-state index in [9.17, 15) is 33.0 Å². The number of anilines is 2. The zero-order valence-corrected chi connectivity index (χ0v) is 27.5. The molecule has 1 saturated heterocycles. The van der Waals surface area contributed by atoms with Crippen molar-refractivity contribution in [2.75, 3.05) is 38.0 Å². The predicted molar refractivity (Wildman–Crippen MR) is 180 cm³/mol. The summed E-state index contributed by atoms with van der Waals surface area (Å²) in [6.45, 7) is 0.149. The fourth-order valence-electron chi connectivity index (χ4n) is 6.16. The van der Waals surface area contributed by atoms with Crippen molar-refractivity contribution in [2.45, 2.75) is 37.5 Å². The lowest BCUT2D eigenvalue weighted by atomic mass is 9.92. The number of carbonyl (C=O) groups excluding carboxylic acids is 1. The van der Waals surface area contributed by atoms with Crippen LogP contribution in [0.15, 0.2) is 73.2 Å². The summed E-state index contributed by atoms with van der Waals surface area (Å²) in [5.41, 5.74) is 1.75. The van der Waals surface area contributed by atoms with E-state index in [0.717, 1.165) is 23.9 Å². The first-order valence-electron chi connectivity index (χ1n) is 15.9. The van der Waals surface area contributed by atoms with Crippen LogP contribution >= 0.6 is 0 Å². The molecule has 2 unspecified atom stereocenters. The number of fused-ring (bicyclic) bond motifs is 1. The van der Waals surface area contributed by atoms with E-state index in [-0.39, 0.29) is 30.5 Å². The molecule has 0 radical (unpaired) electrons. The normalized spacial score (nSPS) is 16.2. The second-order valence-electron chi connectivity index (χ2n) is 11.8. The minimum absolute atomic E-state index is 0.121. The molecule has 6 rings (SSSR count). The zero-order valence-electron chi connectivity index (χ0n) is 27.5. The van der Waals surface area contributed by atoms with Gasteiger partial charge in [0.05, 0.1) is 32.4 Å². The van der Waals surface area contributed by atoms with Gasteiger partial charge in [-0.15, -0.1) is 0 Å². The van der Waals surface area contributed by atoms with Gasteiger partial charge < -0.3 is 35.2 Å². The lowest BCUT2D eigenvalue weighted by molar-refractivity contribution is -0.137. The number of imidazole rings is 1. The number of hydrogen-bond acceptors (Lipinski definition) is 9. The Morgan fingerprint density at radius 1 is 1.00 bits per heavy atom. The highest BCUT2D eigenvalue weighted by Gasteiger charge is 2.35. The van der Waals surface area contributed by atoms with Gasteiger partial charge >= 0.3 is 12.3 Å². The molecule has 2 atom stereocenters. The van der Waals surface area contributed by atoms with Crippen LogP contribution in [0.25, 0.3) is 16.8 Å². The van der Waals surface area contributed by atoms with Crippen molar-refractivity contribution in [3.05, 3.63) is 95.7 Å². The van der Waals surface area contributed by atoms with Gasteiger partial charge in [0.25, 0.3) is 5.91 Å². The summed E-state index contributed by atoms with van der Waals surface area (Å²) >= 11 is 0. The number of pyridine rings is 1. The van der Waals surface area contributed by atoms with Crippen LogP contribution in [0.5, 0.6) is 11.5 Å². The number of nitrogens with one attached hydrogen (secondary N) is 2. The van der Waals surface area contributed by atoms with E-state index in [1.54, 1.807) is 44.8 Å². The Kier molecular flexibility index (Phi) is 9.95. The topological polar surface area (TPSA) is 163 Å². The number of carbonyl (C=O) groups is 2. The number of ether oxygens (including phenoxy) is 2. The molecule has 3 aromatic heterocycles. The van der Waals surface area contributed by atoms with Gasteiger partial charge in [0.15, 0.2) is 5.82 Å². The van der Waals surface area contributed by atoms with Gasteiger partial charge in [-0.25, -0.2) is 19.7 Å². The number of alkyl halides is 3. The highest BCUT2D eigenvalue weighted by Crippen LogP contribution is 2.37. The molecule has 0 aliphatic carbocycles. The molecule has 1 fully saturated rings. The Bertz CT molecular complexity index is 2050. The van der Waals surface area contributed by atoms with E-state index < -0.39 is 29.8 Å². The molecule has 2 aromatic carbocycles. The molecule has 0 spiro atoms. The minimum atomic E-state index is -4.59. The summed E-state index contributed by atoms with van der Waals surface area (Å²) < 4.78 is 52.3. The number of piperidine rings is 1. The Hall–Kier alpha value is -5.90. The van der Waals surface area contributed by atoms with Crippen LogP contribution in [-0.2, 0) is 12.7 Å². The third-order valence-electron chi connectivity index (χ3n) is 8.80. The molecule has 1 aliphatic rings. The summed E-state index contributed by atoms with van der Waals surface area (Å²) in [5.74, 6) is 1.08. The number of benzene rings is 2. The van der Waals surface area contributed by atoms with Gasteiger partial charge in [0.2, 0.25) is 0 Å². The van der Waals surface area contributed by atoms with Crippen LogP contribution in [0, 0.1) is 0 Å². The number of methoxy groups -OCH3 is 2. The number of rotatable bonds is 10. The molecule has 266 valence electrons. The molecule has 0 saturated carbocycles. The summed E-state index contributed by atoms with van der Waals surface area (Å²) in [6, 6.07) is 12.9. The van der Waals surface area contributed by atoms with Crippen molar-refractivity contribution in [3.8, 4) is 22.8 Å². The quantitative estimate of drug-likeness (QED) is 0.137. The average Bonchev–Trinajstić information content (AvgIpc) is 3.53. The summed E-state index contributed by atoms with van der Waals surface area (Å²) in [5, 5.41) is 25.5. The van der Waals surface area contributed by atoms with Crippen LogP contribution in [0.3, 0.4) is 0 Å². The fourth-order valence-corrected chi connectivity index (χ4v) is 6.16. The second kappa shape index (κ2) is 14.5. The molecule has 2 amide bonds. The number of carboxylic acid groups (broad SMARTS) is 1. The molecular weight excluding hydrogens is 671 g/mol. The van der Waals surface area contributed by atoms with Gasteiger partial charge in [-0.3, -0.25) is 9.20 Å². The molecule has 4 heterocycles. The Morgan fingerprint density at radius 3 is 2.47 bits per heavy atom. The maximum absolute atomic E-state index is 13.2. The van der Waals surface area contributed by atoms with E-state index in [1.807, 2.05) is 16.5 Å². The Morgan fingerprint density at radius 2 is 1.78 bits per heavy atom. The lowest BCUT2D eigenvalue weighted by Gasteiger charge is -2.36. The average molecular weight is 706 g/mol.